The molecule has 0 saturated carbocycles. The molecule has 0 heterocycles. The van der Waals surface area contributed by atoms with Crippen molar-refractivity contribution in [2.75, 3.05) is 0 Å². The van der Waals surface area contributed by atoms with E-state index in [-0.39, 0.29) is 5.60 Å². The van der Waals surface area contributed by atoms with Gasteiger partial charge in [0.2, 0.25) is 0 Å². The van der Waals surface area contributed by atoms with Crippen molar-refractivity contribution in [1.29, 1.82) is 0 Å². The quantitative estimate of drug-likeness (QED) is 0.324. The maximum Gasteiger partial charge on any atom is 0.125 e. The highest BCUT2D eigenvalue weighted by Crippen LogP contribution is 2.06. The fraction of sp³-hybridized carbons (Fsp3) is 0.714. The summed E-state index contributed by atoms with van der Waals surface area (Å²) in [5, 5.41) is 0. The van der Waals surface area contributed by atoms with E-state index in [4.69, 9.17) is 4.89 Å². The summed E-state index contributed by atoms with van der Waals surface area (Å²) in [5.41, 5.74) is -0.223. The van der Waals surface area contributed by atoms with Crippen molar-refractivity contribution in [1.82, 2.24) is 0 Å². The molecule has 9 heavy (non-hydrogen) atoms. The number of allylic oxidation sites excluding steroid dienone is 1. The van der Waals surface area contributed by atoms with Gasteiger partial charge in [-0.15, -0.1) is 0 Å². The monoisotopic (exact) mass is 130 g/mol. The molecular formula is C7H14O2. The third-order valence-corrected chi connectivity index (χ3v) is 0.490. The van der Waals surface area contributed by atoms with Gasteiger partial charge in [0.15, 0.2) is 0 Å². The summed E-state index contributed by atoms with van der Waals surface area (Å²) in [7, 11) is 0. The Labute approximate surface area is 56.4 Å². The van der Waals surface area contributed by atoms with Gasteiger partial charge in [0.1, 0.15) is 11.9 Å². The zero-order chi connectivity index (χ0) is 7.33. The fourth-order valence-corrected chi connectivity index (χ4v) is 0.228. The topological polar surface area (TPSA) is 18.5 Å². The van der Waals surface area contributed by atoms with Crippen LogP contribution in [0.3, 0.4) is 0 Å². The fourth-order valence-electron chi connectivity index (χ4n) is 0.228. The molecule has 0 saturated heterocycles. The van der Waals surface area contributed by atoms with Crippen LogP contribution in [0.1, 0.15) is 27.7 Å². The van der Waals surface area contributed by atoms with Crippen molar-refractivity contribution in [3.63, 3.8) is 0 Å². The maximum absolute atomic E-state index is 4.88. The van der Waals surface area contributed by atoms with Gasteiger partial charge in [-0.3, -0.25) is 0 Å². The first-order valence-electron chi connectivity index (χ1n) is 3.02. The second-order valence-corrected chi connectivity index (χ2v) is 2.76. The van der Waals surface area contributed by atoms with Crippen LogP contribution in [0.4, 0.5) is 0 Å². The predicted molar refractivity (Wildman–Crippen MR) is 36.7 cm³/mol. The Morgan fingerprint density at radius 1 is 1.22 bits per heavy atom. The molecule has 0 radical (unpaired) electrons. The van der Waals surface area contributed by atoms with Gasteiger partial charge in [-0.1, -0.05) is 0 Å². The predicted octanol–water partition coefficient (Wildman–Crippen LogP) is 2.27. The molecule has 2 nitrogen and oxygen atoms in total. The Hall–Kier alpha value is -0.500. The van der Waals surface area contributed by atoms with Crippen molar-refractivity contribution in [3.8, 4) is 0 Å². The molecule has 2 heteroatoms. The summed E-state index contributed by atoms with van der Waals surface area (Å²) in [4.78, 5) is 9.55. The van der Waals surface area contributed by atoms with Crippen LogP contribution in [0.25, 0.3) is 0 Å². The van der Waals surface area contributed by atoms with Gasteiger partial charge in [-0.05, 0) is 33.8 Å². The summed E-state index contributed by atoms with van der Waals surface area (Å²) in [6, 6.07) is 0. The summed E-state index contributed by atoms with van der Waals surface area (Å²) in [5.74, 6) is 0. The van der Waals surface area contributed by atoms with Crippen LogP contribution in [0.5, 0.6) is 0 Å². The molecule has 0 unspecified atom stereocenters. The number of rotatable bonds is 2. The molecule has 0 aliphatic rings. The standard InChI is InChI=1S/C7H14O2/c1-5-6-8-9-7(2,3)4/h5-6H,1-4H3/b6-5-. The molecule has 0 atom stereocenters. The Balaban J connectivity index is 3.28. The molecule has 0 aliphatic heterocycles. The van der Waals surface area contributed by atoms with Gasteiger partial charge in [0.25, 0.3) is 0 Å². The van der Waals surface area contributed by atoms with E-state index < -0.39 is 0 Å². The normalized spacial score (nSPS) is 12.4. The lowest BCUT2D eigenvalue weighted by atomic mass is 10.2. The van der Waals surface area contributed by atoms with Gasteiger partial charge in [-0.25, -0.2) is 0 Å². The highest BCUT2D eigenvalue weighted by molar-refractivity contribution is 4.63. The summed E-state index contributed by atoms with van der Waals surface area (Å²) in [6.07, 6.45) is 3.27. The van der Waals surface area contributed by atoms with Crippen LogP contribution in [-0.4, -0.2) is 5.60 Å². The van der Waals surface area contributed by atoms with Crippen molar-refractivity contribution >= 4 is 0 Å². The lowest BCUT2D eigenvalue weighted by Crippen LogP contribution is -2.17. The van der Waals surface area contributed by atoms with Gasteiger partial charge < -0.3 is 4.89 Å². The lowest BCUT2D eigenvalue weighted by molar-refractivity contribution is -0.310. The second-order valence-electron chi connectivity index (χ2n) is 2.76. The van der Waals surface area contributed by atoms with Crippen LogP contribution in [0.15, 0.2) is 12.3 Å². The zero-order valence-electron chi connectivity index (χ0n) is 6.47. The minimum absolute atomic E-state index is 0.223. The van der Waals surface area contributed by atoms with Crippen LogP contribution < -0.4 is 0 Å². The zero-order valence-corrected chi connectivity index (χ0v) is 6.47. The van der Waals surface area contributed by atoms with Crippen LogP contribution in [0.2, 0.25) is 0 Å². The van der Waals surface area contributed by atoms with E-state index in [9.17, 15) is 0 Å². The van der Waals surface area contributed by atoms with Gasteiger partial charge >= 0.3 is 0 Å². The maximum atomic E-state index is 4.88. The summed E-state index contributed by atoms with van der Waals surface area (Å²) >= 11 is 0. The third kappa shape index (κ3) is 7.50. The highest BCUT2D eigenvalue weighted by atomic mass is 17.2. The number of hydrogen-bond acceptors (Lipinski definition) is 2. The largest absolute Gasteiger partial charge is 0.345 e. The molecule has 0 aromatic heterocycles. The average molecular weight is 130 g/mol. The summed E-state index contributed by atoms with van der Waals surface area (Å²) < 4.78 is 0. The Morgan fingerprint density at radius 2 is 1.78 bits per heavy atom. The average Bonchev–Trinajstić information content (AvgIpc) is 1.63. The van der Waals surface area contributed by atoms with E-state index in [1.54, 1.807) is 6.08 Å². The van der Waals surface area contributed by atoms with Crippen molar-refractivity contribution in [3.05, 3.63) is 12.3 Å². The Bertz CT molecular complexity index is 89.6. The number of hydrogen-bond donors (Lipinski definition) is 0. The van der Waals surface area contributed by atoms with Crippen molar-refractivity contribution < 1.29 is 9.78 Å². The third-order valence-electron chi connectivity index (χ3n) is 0.490. The van der Waals surface area contributed by atoms with E-state index in [1.807, 2.05) is 27.7 Å². The molecule has 0 spiro atoms. The van der Waals surface area contributed by atoms with Gasteiger partial charge in [-0.2, -0.15) is 4.89 Å². The smallest absolute Gasteiger partial charge is 0.125 e. The molecule has 54 valence electrons. The van der Waals surface area contributed by atoms with Gasteiger partial charge in [0.05, 0.1) is 0 Å². The summed E-state index contributed by atoms with van der Waals surface area (Å²) in [6.45, 7) is 7.65. The van der Waals surface area contributed by atoms with Gasteiger partial charge in [0, 0.05) is 0 Å². The lowest BCUT2D eigenvalue weighted by Gasteiger charge is -2.15. The molecule has 0 aromatic rings. The van der Waals surface area contributed by atoms with E-state index in [0.717, 1.165) is 0 Å². The SMILES string of the molecule is C/C=C\OOC(C)(C)C. The first-order valence-corrected chi connectivity index (χ1v) is 3.02. The van der Waals surface area contributed by atoms with E-state index in [1.165, 1.54) is 6.26 Å². The molecular weight excluding hydrogens is 116 g/mol. The molecule has 0 aliphatic carbocycles. The van der Waals surface area contributed by atoms with Crippen LogP contribution in [-0.2, 0) is 9.78 Å². The molecule has 0 rings (SSSR count). The molecule has 0 bridgehead atoms. The molecule has 0 aromatic carbocycles. The molecule has 0 amide bonds. The first-order chi connectivity index (χ1) is 4.06. The minimum atomic E-state index is -0.223. The van der Waals surface area contributed by atoms with Crippen molar-refractivity contribution in [2.24, 2.45) is 0 Å². The van der Waals surface area contributed by atoms with Crippen LogP contribution >= 0.6 is 0 Å². The first kappa shape index (κ1) is 8.50. The second kappa shape index (κ2) is 3.51. The highest BCUT2D eigenvalue weighted by Gasteiger charge is 2.10. The molecule has 0 fully saturated rings. The Morgan fingerprint density at radius 3 is 2.11 bits per heavy atom. The van der Waals surface area contributed by atoms with E-state index in [2.05, 4.69) is 4.89 Å². The Kier molecular flexibility index (Phi) is 3.32. The van der Waals surface area contributed by atoms with E-state index >= 15 is 0 Å². The van der Waals surface area contributed by atoms with E-state index in [0.29, 0.717) is 0 Å². The van der Waals surface area contributed by atoms with Crippen LogP contribution in [0, 0.1) is 0 Å². The van der Waals surface area contributed by atoms with Crippen molar-refractivity contribution in [2.45, 2.75) is 33.3 Å². The molecule has 0 N–H and O–H groups in total. The minimum Gasteiger partial charge on any atom is -0.345 e.